The van der Waals surface area contributed by atoms with Gasteiger partial charge in [0.25, 0.3) is 0 Å². The molecule has 0 bridgehead atoms. The van der Waals surface area contributed by atoms with E-state index in [9.17, 15) is 14.4 Å². The summed E-state index contributed by atoms with van der Waals surface area (Å²) in [4.78, 5) is 43.5. The Morgan fingerprint density at radius 2 is 1.85 bits per heavy atom. The fourth-order valence-electron chi connectivity index (χ4n) is 4.83. The maximum absolute atomic E-state index is 13.4. The van der Waals surface area contributed by atoms with Crippen LogP contribution in [0, 0.1) is 12.8 Å². The molecule has 34 heavy (non-hydrogen) atoms. The van der Waals surface area contributed by atoms with Crippen LogP contribution in [0.1, 0.15) is 49.1 Å². The second kappa shape index (κ2) is 11.1. The minimum atomic E-state index is -0.426. The van der Waals surface area contributed by atoms with Gasteiger partial charge in [-0.3, -0.25) is 19.3 Å². The number of thiophene rings is 1. The van der Waals surface area contributed by atoms with Gasteiger partial charge in [-0.1, -0.05) is 30.7 Å². The number of nitrogens with zero attached hydrogens (tertiary/aromatic N) is 2. The zero-order chi connectivity index (χ0) is 24.1. The molecule has 2 aliphatic heterocycles. The van der Waals surface area contributed by atoms with Crippen LogP contribution in [0.3, 0.4) is 0 Å². The lowest BCUT2D eigenvalue weighted by molar-refractivity contribution is -0.128. The van der Waals surface area contributed by atoms with Crippen molar-refractivity contribution in [2.24, 2.45) is 5.92 Å². The second-order valence-corrected chi connectivity index (χ2v) is 10.3. The van der Waals surface area contributed by atoms with Gasteiger partial charge in [-0.15, -0.1) is 11.3 Å². The van der Waals surface area contributed by atoms with E-state index in [1.807, 2.05) is 55.6 Å². The molecule has 2 aromatic rings. The van der Waals surface area contributed by atoms with Crippen molar-refractivity contribution in [3.63, 3.8) is 0 Å². The molecule has 0 radical (unpaired) electrons. The number of hydrogen-bond acceptors (Lipinski definition) is 5. The van der Waals surface area contributed by atoms with E-state index in [1.165, 1.54) is 0 Å². The van der Waals surface area contributed by atoms with E-state index in [2.05, 4.69) is 15.5 Å². The summed E-state index contributed by atoms with van der Waals surface area (Å²) in [6.45, 7) is 6.72. The third-order valence-corrected chi connectivity index (χ3v) is 7.62. The molecular formula is C26H34N4O3S. The van der Waals surface area contributed by atoms with E-state index >= 15 is 0 Å². The van der Waals surface area contributed by atoms with E-state index in [4.69, 9.17) is 0 Å². The molecule has 2 N–H and O–H groups in total. The number of nitrogens with one attached hydrogen (secondary N) is 2. The summed E-state index contributed by atoms with van der Waals surface area (Å²) in [5.41, 5.74) is 1.96. The summed E-state index contributed by atoms with van der Waals surface area (Å²) in [6.07, 6.45) is 2.74. The van der Waals surface area contributed by atoms with Crippen molar-refractivity contribution in [2.75, 3.05) is 31.1 Å². The number of carbonyl (C=O) groups is 3. The van der Waals surface area contributed by atoms with Crippen LogP contribution in [0.15, 0.2) is 41.8 Å². The van der Waals surface area contributed by atoms with Crippen molar-refractivity contribution in [1.29, 1.82) is 0 Å². The number of piperidine rings is 1. The Balaban J connectivity index is 1.40. The Hall–Kier alpha value is -2.71. The molecule has 3 amide bonds. The molecule has 1 aromatic carbocycles. The quantitative estimate of drug-likeness (QED) is 0.605. The van der Waals surface area contributed by atoms with Gasteiger partial charge in [0.2, 0.25) is 17.7 Å². The lowest BCUT2D eigenvalue weighted by Gasteiger charge is -2.33. The zero-order valence-corrected chi connectivity index (χ0v) is 20.8. The Labute approximate surface area is 205 Å². The highest BCUT2D eigenvalue weighted by atomic mass is 32.1. The van der Waals surface area contributed by atoms with Crippen molar-refractivity contribution < 1.29 is 14.4 Å². The predicted octanol–water partition coefficient (Wildman–Crippen LogP) is 3.26. The van der Waals surface area contributed by atoms with Crippen molar-refractivity contribution in [2.45, 2.75) is 51.6 Å². The number of benzene rings is 1. The molecule has 2 saturated heterocycles. The van der Waals surface area contributed by atoms with Crippen LogP contribution in [0.5, 0.6) is 0 Å². The van der Waals surface area contributed by atoms with Gasteiger partial charge in [-0.05, 0) is 49.8 Å². The molecule has 2 unspecified atom stereocenters. The van der Waals surface area contributed by atoms with E-state index in [1.54, 1.807) is 16.2 Å². The average Bonchev–Trinajstić information content (AvgIpc) is 3.47. The number of carbonyl (C=O) groups excluding carboxylic acids is 3. The molecule has 0 aliphatic carbocycles. The maximum Gasteiger partial charge on any atom is 0.234 e. The highest BCUT2D eigenvalue weighted by molar-refractivity contribution is 7.10. The van der Waals surface area contributed by atoms with Crippen molar-refractivity contribution in [3.8, 4) is 0 Å². The van der Waals surface area contributed by atoms with Gasteiger partial charge in [0.05, 0.1) is 18.5 Å². The first-order chi connectivity index (χ1) is 16.5. The summed E-state index contributed by atoms with van der Waals surface area (Å²) in [6, 6.07) is 11.7. The summed E-state index contributed by atoms with van der Waals surface area (Å²) in [5.74, 6) is -0.440. The topological polar surface area (TPSA) is 81.8 Å². The molecule has 8 heteroatoms. The normalized spacial score (nSPS) is 21.6. The summed E-state index contributed by atoms with van der Waals surface area (Å²) in [7, 11) is 0. The monoisotopic (exact) mass is 482 g/mol. The van der Waals surface area contributed by atoms with Crippen molar-refractivity contribution in [3.05, 3.63) is 52.2 Å². The van der Waals surface area contributed by atoms with Crippen LogP contribution in [-0.2, 0) is 14.4 Å². The third kappa shape index (κ3) is 5.67. The Kier molecular flexibility index (Phi) is 8.00. The summed E-state index contributed by atoms with van der Waals surface area (Å²) < 4.78 is 0. The van der Waals surface area contributed by atoms with E-state index < -0.39 is 5.92 Å². The van der Waals surface area contributed by atoms with Crippen LogP contribution in [0.25, 0.3) is 0 Å². The van der Waals surface area contributed by atoms with Gasteiger partial charge >= 0.3 is 0 Å². The van der Waals surface area contributed by atoms with Gasteiger partial charge in [0, 0.05) is 42.7 Å². The molecular weight excluding hydrogens is 448 g/mol. The molecule has 7 nitrogen and oxygen atoms in total. The first-order valence-corrected chi connectivity index (χ1v) is 13.1. The molecule has 2 aliphatic rings. The SMILES string of the molecule is CCCNC(=O)CN1CCC(NC(=O)C2CC(=O)N(c3ccc(C)cc3)C2c2cccs2)CC1. The van der Waals surface area contributed by atoms with Crippen LogP contribution in [-0.4, -0.2) is 54.8 Å². The average molecular weight is 483 g/mol. The fraction of sp³-hybridized carbons (Fsp3) is 0.500. The minimum absolute atomic E-state index is 0.0182. The molecule has 2 atom stereocenters. The van der Waals surface area contributed by atoms with Crippen LogP contribution >= 0.6 is 11.3 Å². The van der Waals surface area contributed by atoms with Crippen LogP contribution in [0.4, 0.5) is 5.69 Å². The Bertz CT molecular complexity index is 984. The first kappa shape index (κ1) is 24.4. The van der Waals surface area contributed by atoms with Gasteiger partial charge in [0.15, 0.2) is 0 Å². The van der Waals surface area contributed by atoms with Crippen LogP contribution in [0.2, 0.25) is 0 Å². The predicted molar refractivity (Wildman–Crippen MR) is 135 cm³/mol. The maximum atomic E-state index is 13.4. The smallest absolute Gasteiger partial charge is 0.234 e. The molecule has 1 aromatic heterocycles. The third-order valence-electron chi connectivity index (χ3n) is 6.68. The van der Waals surface area contributed by atoms with E-state index in [0.29, 0.717) is 13.1 Å². The van der Waals surface area contributed by atoms with Gasteiger partial charge in [-0.2, -0.15) is 0 Å². The Morgan fingerprint density at radius 3 is 2.50 bits per heavy atom. The lowest BCUT2D eigenvalue weighted by atomic mass is 9.96. The number of rotatable bonds is 8. The number of amides is 3. The zero-order valence-electron chi connectivity index (χ0n) is 20.0. The van der Waals surface area contributed by atoms with Gasteiger partial charge in [-0.25, -0.2) is 0 Å². The first-order valence-electron chi connectivity index (χ1n) is 12.2. The van der Waals surface area contributed by atoms with Gasteiger partial charge < -0.3 is 15.5 Å². The number of aryl methyl sites for hydroxylation is 1. The fourth-order valence-corrected chi connectivity index (χ4v) is 5.71. The lowest BCUT2D eigenvalue weighted by Crippen LogP contribution is -2.49. The summed E-state index contributed by atoms with van der Waals surface area (Å²) in [5, 5.41) is 8.13. The highest BCUT2D eigenvalue weighted by Gasteiger charge is 2.46. The van der Waals surface area contributed by atoms with Crippen LogP contribution < -0.4 is 15.5 Å². The molecule has 2 fully saturated rings. The second-order valence-electron chi connectivity index (χ2n) is 9.28. The highest BCUT2D eigenvalue weighted by Crippen LogP contribution is 2.43. The minimum Gasteiger partial charge on any atom is -0.355 e. The molecule has 3 heterocycles. The summed E-state index contributed by atoms with van der Waals surface area (Å²) >= 11 is 1.58. The molecule has 4 rings (SSSR count). The molecule has 0 saturated carbocycles. The number of anilines is 1. The number of hydrogen-bond donors (Lipinski definition) is 2. The largest absolute Gasteiger partial charge is 0.355 e. The molecule has 182 valence electrons. The van der Waals surface area contributed by atoms with Crippen molar-refractivity contribution >= 4 is 34.7 Å². The van der Waals surface area contributed by atoms with Crippen molar-refractivity contribution in [1.82, 2.24) is 15.5 Å². The van der Waals surface area contributed by atoms with E-state index in [0.717, 1.165) is 48.5 Å². The number of likely N-dealkylation sites (tertiary alicyclic amines) is 1. The Morgan fingerprint density at radius 1 is 1.12 bits per heavy atom. The molecule has 0 spiro atoms. The van der Waals surface area contributed by atoms with Gasteiger partial charge in [0.1, 0.15) is 0 Å². The standard InChI is InChI=1S/C26H34N4O3S/c1-3-12-27-23(31)17-29-13-10-19(11-14-29)28-26(33)21-16-24(32)30(20-8-6-18(2)7-9-20)25(21)22-5-4-15-34-22/h4-9,15,19,21,25H,3,10-14,16-17H2,1-2H3,(H,27,31)(H,28,33). The van der Waals surface area contributed by atoms with E-state index in [-0.39, 0.29) is 36.2 Å².